The van der Waals surface area contributed by atoms with Crippen molar-refractivity contribution in [3.63, 3.8) is 0 Å². The Bertz CT molecular complexity index is 843. The molecule has 0 aliphatic rings. The maximum atomic E-state index is 11.0. The number of hydrogen-bond acceptors (Lipinski definition) is 2. The third-order valence-corrected chi connectivity index (χ3v) is 5.76. The molecule has 1 aromatic carbocycles. The molecular formula is C28H37N2O3-. The van der Waals surface area contributed by atoms with Gasteiger partial charge in [-0.1, -0.05) is 105 Å². The van der Waals surface area contributed by atoms with Gasteiger partial charge in [0.2, 0.25) is 0 Å². The van der Waals surface area contributed by atoms with Crippen molar-refractivity contribution in [2.45, 2.75) is 64.3 Å². The van der Waals surface area contributed by atoms with Gasteiger partial charge in [0.1, 0.15) is 6.29 Å². The lowest BCUT2D eigenvalue weighted by Gasteiger charge is -2.23. The quantitative estimate of drug-likeness (QED) is 0.151. The van der Waals surface area contributed by atoms with Crippen LogP contribution in [-0.4, -0.2) is 28.4 Å². The molecule has 0 spiro atoms. The van der Waals surface area contributed by atoms with Crippen molar-refractivity contribution in [2.75, 3.05) is 0 Å². The topological polar surface area (TPSA) is 84.3 Å². The highest BCUT2D eigenvalue weighted by molar-refractivity contribution is 5.80. The number of nitrogens with one attached hydrogen (secondary N) is 1. The number of hydrogen-bond donors (Lipinski definition) is 2. The molecule has 1 aromatic heterocycles. The van der Waals surface area contributed by atoms with Gasteiger partial charge < -0.3 is 20.2 Å². The molecule has 2 rings (SSSR count). The largest absolute Gasteiger partial charge is 0.478 e. The Morgan fingerprint density at radius 2 is 1.73 bits per heavy atom. The van der Waals surface area contributed by atoms with E-state index in [1.807, 2.05) is 43.5 Å². The van der Waals surface area contributed by atoms with E-state index in [1.165, 1.54) is 11.6 Å². The van der Waals surface area contributed by atoms with Gasteiger partial charge in [-0.25, -0.2) is 4.79 Å². The maximum absolute atomic E-state index is 11.0. The molecule has 5 nitrogen and oxygen atoms in total. The molecule has 0 saturated carbocycles. The van der Waals surface area contributed by atoms with Gasteiger partial charge in [-0.05, 0) is 43.2 Å². The first-order chi connectivity index (χ1) is 16.1. The van der Waals surface area contributed by atoms with Gasteiger partial charge in [-0.3, -0.25) is 0 Å². The molecule has 5 heteroatoms. The fourth-order valence-electron chi connectivity index (χ4n) is 3.80. The lowest BCUT2D eigenvalue weighted by molar-refractivity contribution is -0.131. The monoisotopic (exact) mass is 449 g/mol. The Morgan fingerprint density at radius 1 is 0.970 bits per heavy atom. The number of H-pyrrole nitrogens is 1. The molecule has 178 valence electrons. The average molecular weight is 450 g/mol. The predicted molar refractivity (Wildman–Crippen MR) is 136 cm³/mol. The summed E-state index contributed by atoms with van der Waals surface area (Å²) in [5, 5.41) is 13.7. The van der Waals surface area contributed by atoms with E-state index in [4.69, 9.17) is 5.11 Å². The van der Waals surface area contributed by atoms with Crippen molar-refractivity contribution in [2.24, 2.45) is 11.8 Å². The summed E-state index contributed by atoms with van der Waals surface area (Å²) in [5.74, 6) is 0.367. The van der Waals surface area contributed by atoms with E-state index >= 15 is 0 Å². The number of aliphatic carboxylic acids is 1. The van der Waals surface area contributed by atoms with E-state index < -0.39 is 5.97 Å². The number of rotatable bonds is 17. The highest BCUT2D eigenvalue weighted by Gasteiger charge is 2.09. The van der Waals surface area contributed by atoms with Crippen LogP contribution < -0.4 is 0 Å². The summed E-state index contributed by atoms with van der Waals surface area (Å²) >= 11 is 0. The second-order valence-electron chi connectivity index (χ2n) is 8.66. The van der Waals surface area contributed by atoms with Crippen LogP contribution in [0.1, 0.15) is 63.9 Å². The van der Waals surface area contributed by atoms with Crippen LogP contribution in [0.3, 0.4) is 0 Å². The van der Waals surface area contributed by atoms with E-state index in [-0.39, 0.29) is 12.0 Å². The van der Waals surface area contributed by atoms with Crippen LogP contribution in [0.4, 0.5) is 5.82 Å². The Kier molecular flexibility index (Phi) is 12.4. The van der Waals surface area contributed by atoms with Crippen molar-refractivity contribution in [3.05, 3.63) is 77.8 Å². The summed E-state index contributed by atoms with van der Waals surface area (Å²) < 4.78 is 0. The number of allylic oxidation sites excluding steroid dienone is 1. The SMILES string of the molecule is C[C@H](C=O)CCCCCC[C@H](/C=C/c1ccccc1)CC[C@H](/C=C/C(=O)O)[N-]c1ccc[nH]1. The van der Waals surface area contributed by atoms with E-state index in [1.54, 1.807) is 6.08 Å². The first kappa shape index (κ1) is 26.2. The zero-order valence-electron chi connectivity index (χ0n) is 19.6. The van der Waals surface area contributed by atoms with E-state index in [0.717, 1.165) is 63.5 Å². The molecule has 0 aliphatic carbocycles. The summed E-state index contributed by atoms with van der Waals surface area (Å²) in [6.45, 7) is 1.98. The zero-order chi connectivity index (χ0) is 23.7. The van der Waals surface area contributed by atoms with Gasteiger partial charge in [0.15, 0.2) is 0 Å². The number of carbonyl (C=O) groups is 2. The summed E-state index contributed by atoms with van der Waals surface area (Å²) in [5.41, 5.74) is 1.18. The van der Waals surface area contributed by atoms with Crippen molar-refractivity contribution in [1.29, 1.82) is 0 Å². The number of aldehydes is 1. The van der Waals surface area contributed by atoms with Crippen molar-refractivity contribution >= 4 is 24.1 Å². The van der Waals surface area contributed by atoms with Gasteiger partial charge in [0, 0.05) is 12.0 Å². The second kappa shape index (κ2) is 15.7. The summed E-state index contributed by atoms with van der Waals surface area (Å²) in [6, 6.07) is 13.9. The predicted octanol–water partition coefficient (Wildman–Crippen LogP) is 7.31. The van der Waals surface area contributed by atoms with Crippen LogP contribution in [-0.2, 0) is 9.59 Å². The number of aromatic amines is 1. The number of benzene rings is 1. The van der Waals surface area contributed by atoms with Crippen LogP contribution in [0.15, 0.2) is 66.9 Å². The van der Waals surface area contributed by atoms with Crippen LogP contribution in [0.25, 0.3) is 11.4 Å². The highest BCUT2D eigenvalue weighted by atomic mass is 16.4. The average Bonchev–Trinajstić information content (AvgIpc) is 3.34. The number of carbonyl (C=O) groups excluding carboxylic acids is 1. The second-order valence-corrected chi connectivity index (χ2v) is 8.66. The smallest absolute Gasteiger partial charge is 0.327 e. The molecule has 2 aromatic rings. The summed E-state index contributed by atoms with van der Waals surface area (Å²) in [6.07, 6.45) is 18.5. The number of carboxylic acid groups (broad SMARTS) is 1. The first-order valence-electron chi connectivity index (χ1n) is 12.0. The van der Waals surface area contributed by atoms with Gasteiger partial charge in [-0.2, -0.15) is 0 Å². The minimum absolute atomic E-state index is 0.158. The van der Waals surface area contributed by atoms with Crippen LogP contribution in [0.5, 0.6) is 0 Å². The molecule has 0 saturated heterocycles. The Labute approximate surface area is 198 Å². The van der Waals surface area contributed by atoms with Gasteiger partial charge in [0.25, 0.3) is 0 Å². The number of aromatic nitrogens is 1. The third-order valence-electron chi connectivity index (χ3n) is 5.76. The standard InChI is InChI=1S/C28H37N2O3/c1-23(22-31)10-5-2-3-6-13-25(16-15-24-11-7-4-8-12-24)17-18-26(19-20-28(32)33)30-27-14-9-21-29-27/h4,7-9,11-12,14-16,19-23,25-26,29H,2-3,5-6,10,13,17-18H2,1H3,(H,32,33)/q-1/b16-15+,20-19+/t23-,25+,26+/m0/s1. The molecule has 33 heavy (non-hydrogen) atoms. The lowest BCUT2D eigenvalue weighted by Crippen LogP contribution is -2.07. The molecule has 0 fully saturated rings. The van der Waals surface area contributed by atoms with Crippen molar-refractivity contribution in [3.8, 4) is 0 Å². The summed E-state index contributed by atoms with van der Waals surface area (Å²) in [7, 11) is 0. The molecule has 0 bridgehead atoms. The number of carboxylic acids is 1. The lowest BCUT2D eigenvalue weighted by atomic mass is 9.92. The van der Waals surface area contributed by atoms with Gasteiger partial charge in [0.05, 0.1) is 0 Å². The first-order valence-corrected chi connectivity index (χ1v) is 12.0. The number of unbranched alkanes of at least 4 members (excludes halogenated alkanes) is 3. The molecule has 0 radical (unpaired) electrons. The van der Waals surface area contributed by atoms with E-state index in [9.17, 15) is 9.59 Å². The minimum Gasteiger partial charge on any atom is -0.478 e. The number of nitrogens with zero attached hydrogens (tertiary/aromatic N) is 1. The Morgan fingerprint density at radius 3 is 2.39 bits per heavy atom. The van der Waals surface area contributed by atoms with Gasteiger partial charge >= 0.3 is 5.97 Å². The van der Waals surface area contributed by atoms with Crippen molar-refractivity contribution in [1.82, 2.24) is 4.98 Å². The Hall–Kier alpha value is -3.08. The minimum atomic E-state index is -0.953. The molecule has 3 atom stereocenters. The summed E-state index contributed by atoms with van der Waals surface area (Å²) in [4.78, 5) is 24.9. The van der Waals surface area contributed by atoms with Crippen molar-refractivity contribution < 1.29 is 14.7 Å². The molecule has 0 amide bonds. The molecule has 1 heterocycles. The molecule has 2 N–H and O–H groups in total. The fraction of sp³-hybridized carbons (Fsp3) is 0.429. The normalized spacial score (nSPS) is 14.3. The maximum Gasteiger partial charge on any atom is 0.327 e. The van der Waals surface area contributed by atoms with E-state index in [0.29, 0.717) is 5.92 Å². The highest BCUT2D eigenvalue weighted by Crippen LogP contribution is 2.26. The van der Waals surface area contributed by atoms with Gasteiger partial charge in [-0.15, -0.1) is 0 Å². The van der Waals surface area contributed by atoms with E-state index in [2.05, 4.69) is 34.6 Å². The fourth-order valence-corrected chi connectivity index (χ4v) is 3.80. The molecule has 0 unspecified atom stereocenters. The Balaban J connectivity index is 1.92. The zero-order valence-corrected chi connectivity index (χ0v) is 19.6. The van der Waals surface area contributed by atoms with Crippen LogP contribution in [0.2, 0.25) is 0 Å². The van der Waals surface area contributed by atoms with Crippen LogP contribution in [0, 0.1) is 11.8 Å². The van der Waals surface area contributed by atoms with Crippen LogP contribution >= 0.6 is 0 Å². The molecule has 0 aliphatic heterocycles. The molecular weight excluding hydrogens is 412 g/mol. The third kappa shape index (κ3) is 11.9.